The molecule has 1 amide bonds. The standard InChI is InChI=1S/C15H20N2O3/c1-9-7-16-8-11(9)14(18)17-10-4-5-12-13(6-10)20-15(2,3)19-12/h4-6,9,11,16H,7-8H2,1-3H3,(H,17,18). The minimum Gasteiger partial charge on any atom is -0.449 e. The molecule has 2 unspecified atom stereocenters. The van der Waals surface area contributed by atoms with Gasteiger partial charge in [0.05, 0.1) is 5.92 Å². The lowest BCUT2D eigenvalue weighted by Gasteiger charge is -2.16. The number of rotatable bonds is 2. The van der Waals surface area contributed by atoms with E-state index in [1.165, 1.54) is 0 Å². The normalized spacial score (nSPS) is 26.6. The highest BCUT2D eigenvalue weighted by molar-refractivity contribution is 5.93. The molecule has 2 aliphatic rings. The second-order valence-electron chi connectivity index (χ2n) is 6.00. The summed E-state index contributed by atoms with van der Waals surface area (Å²) >= 11 is 0. The average molecular weight is 276 g/mol. The Morgan fingerprint density at radius 2 is 2.05 bits per heavy atom. The second kappa shape index (κ2) is 4.66. The average Bonchev–Trinajstić information content (AvgIpc) is 2.90. The summed E-state index contributed by atoms with van der Waals surface area (Å²) in [5.41, 5.74) is 0.745. The zero-order chi connectivity index (χ0) is 14.3. The fourth-order valence-corrected chi connectivity index (χ4v) is 2.70. The van der Waals surface area contributed by atoms with Crippen molar-refractivity contribution < 1.29 is 14.3 Å². The van der Waals surface area contributed by atoms with Crippen molar-refractivity contribution in [1.29, 1.82) is 0 Å². The number of hydrogen-bond acceptors (Lipinski definition) is 4. The molecule has 0 radical (unpaired) electrons. The third kappa shape index (κ3) is 2.45. The maximum absolute atomic E-state index is 12.2. The van der Waals surface area contributed by atoms with E-state index in [0.29, 0.717) is 17.4 Å². The van der Waals surface area contributed by atoms with Gasteiger partial charge >= 0.3 is 0 Å². The summed E-state index contributed by atoms with van der Waals surface area (Å²) < 4.78 is 11.3. The molecular formula is C15H20N2O3. The molecule has 2 atom stereocenters. The van der Waals surface area contributed by atoms with Gasteiger partial charge in [0, 0.05) is 32.1 Å². The topological polar surface area (TPSA) is 59.6 Å². The SMILES string of the molecule is CC1CNCC1C(=O)Nc1ccc2c(c1)OC(C)(C)O2. The number of fused-ring (bicyclic) bond motifs is 1. The highest BCUT2D eigenvalue weighted by Gasteiger charge is 2.33. The summed E-state index contributed by atoms with van der Waals surface area (Å²) in [6.45, 7) is 7.44. The Balaban J connectivity index is 1.72. The van der Waals surface area contributed by atoms with Crippen LogP contribution in [0.1, 0.15) is 20.8 Å². The molecule has 3 rings (SSSR count). The maximum Gasteiger partial charge on any atom is 0.246 e. The molecule has 2 aliphatic heterocycles. The third-order valence-corrected chi connectivity index (χ3v) is 3.78. The summed E-state index contributed by atoms with van der Waals surface area (Å²) in [6, 6.07) is 5.49. The Hall–Kier alpha value is -1.75. The lowest BCUT2D eigenvalue weighted by Crippen LogP contribution is -2.29. The molecular weight excluding hydrogens is 256 g/mol. The predicted octanol–water partition coefficient (Wildman–Crippen LogP) is 1.99. The van der Waals surface area contributed by atoms with Crippen LogP contribution in [0.4, 0.5) is 5.69 Å². The number of carbonyl (C=O) groups excluding carboxylic acids is 1. The Labute approximate surface area is 118 Å². The number of carbonyl (C=O) groups is 1. The van der Waals surface area contributed by atoms with Crippen molar-refractivity contribution in [2.45, 2.75) is 26.6 Å². The third-order valence-electron chi connectivity index (χ3n) is 3.78. The van der Waals surface area contributed by atoms with E-state index in [-0.39, 0.29) is 11.8 Å². The monoisotopic (exact) mass is 276 g/mol. The molecule has 0 aromatic heterocycles. The predicted molar refractivity (Wildman–Crippen MR) is 75.9 cm³/mol. The molecule has 0 spiro atoms. The van der Waals surface area contributed by atoms with Gasteiger partial charge in [-0.1, -0.05) is 6.92 Å². The van der Waals surface area contributed by atoms with Gasteiger partial charge in [0.1, 0.15) is 0 Å². The molecule has 0 saturated carbocycles. The molecule has 0 aliphatic carbocycles. The molecule has 0 bridgehead atoms. The van der Waals surface area contributed by atoms with Gasteiger partial charge in [0.25, 0.3) is 0 Å². The van der Waals surface area contributed by atoms with Crippen molar-refractivity contribution in [3.8, 4) is 11.5 Å². The van der Waals surface area contributed by atoms with Crippen LogP contribution < -0.4 is 20.1 Å². The van der Waals surface area contributed by atoms with E-state index in [1.54, 1.807) is 0 Å². The van der Waals surface area contributed by atoms with Crippen LogP contribution in [0, 0.1) is 11.8 Å². The molecule has 1 saturated heterocycles. The van der Waals surface area contributed by atoms with Crippen molar-refractivity contribution in [3.63, 3.8) is 0 Å². The largest absolute Gasteiger partial charge is 0.449 e. The van der Waals surface area contributed by atoms with Gasteiger partial charge in [-0.2, -0.15) is 0 Å². The van der Waals surface area contributed by atoms with Crippen LogP contribution in [-0.4, -0.2) is 24.8 Å². The number of anilines is 1. The number of amides is 1. The van der Waals surface area contributed by atoms with E-state index in [0.717, 1.165) is 18.8 Å². The molecule has 20 heavy (non-hydrogen) atoms. The van der Waals surface area contributed by atoms with Crippen LogP contribution in [0.25, 0.3) is 0 Å². The van der Waals surface area contributed by atoms with Crippen molar-refractivity contribution in [3.05, 3.63) is 18.2 Å². The highest BCUT2D eigenvalue weighted by Crippen LogP contribution is 2.40. The van der Waals surface area contributed by atoms with Crippen LogP contribution >= 0.6 is 0 Å². The van der Waals surface area contributed by atoms with E-state index < -0.39 is 5.79 Å². The fraction of sp³-hybridized carbons (Fsp3) is 0.533. The first-order chi connectivity index (χ1) is 9.44. The van der Waals surface area contributed by atoms with Gasteiger partial charge in [-0.15, -0.1) is 0 Å². The molecule has 1 aromatic rings. The van der Waals surface area contributed by atoms with Crippen molar-refractivity contribution >= 4 is 11.6 Å². The van der Waals surface area contributed by atoms with Crippen molar-refractivity contribution in [2.75, 3.05) is 18.4 Å². The highest BCUT2D eigenvalue weighted by atomic mass is 16.7. The van der Waals surface area contributed by atoms with Gasteiger partial charge in [0.2, 0.25) is 11.7 Å². The van der Waals surface area contributed by atoms with E-state index in [9.17, 15) is 4.79 Å². The van der Waals surface area contributed by atoms with Gasteiger partial charge in [-0.3, -0.25) is 4.79 Å². The van der Waals surface area contributed by atoms with Gasteiger partial charge in [-0.25, -0.2) is 0 Å². The summed E-state index contributed by atoms with van der Waals surface area (Å²) in [6.07, 6.45) is 0. The fourth-order valence-electron chi connectivity index (χ4n) is 2.70. The molecule has 1 fully saturated rings. The number of ether oxygens (including phenoxy) is 2. The smallest absolute Gasteiger partial charge is 0.246 e. The molecule has 1 aromatic carbocycles. The van der Waals surface area contributed by atoms with E-state index >= 15 is 0 Å². The minimum atomic E-state index is -0.644. The lowest BCUT2D eigenvalue weighted by molar-refractivity contribution is -0.120. The van der Waals surface area contributed by atoms with Crippen LogP contribution in [-0.2, 0) is 4.79 Å². The van der Waals surface area contributed by atoms with E-state index in [4.69, 9.17) is 9.47 Å². The second-order valence-corrected chi connectivity index (χ2v) is 6.00. The van der Waals surface area contributed by atoms with E-state index in [1.807, 2.05) is 32.0 Å². The zero-order valence-electron chi connectivity index (χ0n) is 12.0. The Kier molecular flexibility index (Phi) is 3.09. The Bertz CT molecular complexity index is 542. The van der Waals surface area contributed by atoms with Crippen LogP contribution in [0.15, 0.2) is 18.2 Å². The zero-order valence-corrected chi connectivity index (χ0v) is 12.0. The molecule has 5 heteroatoms. The number of hydrogen-bond donors (Lipinski definition) is 2. The van der Waals surface area contributed by atoms with Gasteiger partial charge in [0.15, 0.2) is 11.5 Å². The quantitative estimate of drug-likeness (QED) is 0.867. The van der Waals surface area contributed by atoms with Gasteiger partial charge < -0.3 is 20.1 Å². The number of nitrogens with one attached hydrogen (secondary N) is 2. The summed E-state index contributed by atoms with van der Waals surface area (Å²) in [7, 11) is 0. The first kappa shape index (κ1) is 13.2. The molecule has 2 N–H and O–H groups in total. The molecule has 5 nitrogen and oxygen atoms in total. The van der Waals surface area contributed by atoms with Gasteiger partial charge in [-0.05, 0) is 24.6 Å². The number of benzene rings is 1. The lowest BCUT2D eigenvalue weighted by atomic mass is 9.97. The molecule has 108 valence electrons. The maximum atomic E-state index is 12.2. The van der Waals surface area contributed by atoms with Crippen LogP contribution in [0.2, 0.25) is 0 Å². The summed E-state index contributed by atoms with van der Waals surface area (Å²) in [4.78, 5) is 12.2. The molecule has 2 heterocycles. The first-order valence-electron chi connectivity index (χ1n) is 6.98. The van der Waals surface area contributed by atoms with Crippen molar-refractivity contribution in [1.82, 2.24) is 5.32 Å². The Morgan fingerprint density at radius 1 is 1.30 bits per heavy atom. The summed E-state index contributed by atoms with van der Waals surface area (Å²) in [5.74, 6) is 1.18. The first-order valence-corrected chi connectivity index (χ1v) is 6.98. The minimum absolute atomic E-state index is 0.0249. The van der Waals surface area contributed by atoms with E-state index in [2.05, 4.69) is 17.6 Å². The van der Waals surface area contributed by atoms with Crippen LogP contribution in [0.3, 0.4) is 0 Å². The summed E-state index contributed by atoms with van der Waals surface area (Å²) in [5, 5.41) is 6.19. The van der Waals surface area contributed by atoms with Crippen LogP contribution in [0.5, 0.6) is 11.5 Å². The Morgan fingerprint density at radius 3 is 2.75 bits per heavy atom. The van der Waals surface area contributed by atoms with Crippen molar-refractivity contribution in [2.24, 2.45) is 11.8 Å².